The van der Waals surface area contributed by atoms with Gasteiger partial charge in [-0.25, -0.2) is 8.78 Å². The Kier molecular flexibility index (Phi) is 5.87. The van der Waals surface area contributed by atoms with Gasteiger partial charge in [0, 0.05) is 37.8 Å². The van der Waals surface area contributed by atoms with E-state index in [1.807, 2.05) is 0 Å². The molecule has 2 aromatic rings. The lowest BCUT2D eigenvalue weighted by atomic mass is 9.55. The van der Waals surface area contributed by atoms with E-state index in [1.165, 1.54) is 37.6 Å². The van der Waals surface area contributed by atoms with Gasteiger partial charge in [-0.05, 0) is 49.7 Å². The first kappa shape index (κ1) is 22.9. The van der Waals surface area contributed by atoms with E-state index in [4.69, 9.17) is 4.74 Å². The Hall–Kier alpha value is -2.88. The number of alkyl halides is 2. The van der Waals surface area contributed by atoms with Crippen LogP contribution in [0.3, 0.4) is 0 Å². The second-order valence-corrected chi connectivity index (χ2v) is 9.97. The van der Waals surface area contributed by atoms with Crippen molar-refractivity contribution in [3.63, 3.8) is 0 Å². The van der Waals surface area contributed by atoms with Crippen LogP contribution in [0.5, 0.6) is 5.88 Å². The number of halogens is 2. The summed E-state index contributed by atoms with van der Waals surface area (Å²) >= 11 is 0. The van der Waals surface area contributed by atoms with Gasteiger partial charge in [0.25, 0.3) is 5.92 Å². The van der Waals surface area contributed by atoms with E-state index in [1.54, 1.807) is 24.0 Å². The van der Waals surface area contributed by atoms with E-state index in [2.05, 4.69) is 20.5 Å². The van der Waals surface area contributed by atoms with Crippen molar-refractivity contribution in [2.75, 3.05) is 18.4 Å². The van der Waals surface area contributed by atoms with Gasteiger partial charge < -0.3 is 15.0 Å². The number of piperidine rings is 1. The smallest absolute Gasteiger partial charge is 0.257 e. The number of nitrogens with zero attached hydrogens (tertiary/aromatic N) is 3. The van der Waals surface area contributed by atoms with Crippen molar-refractivity contribution in [1.29, 1.82) is 0 Å². The molecule has 1 aliphatic heterocycles. The van der Waals surface area contributed by atoms with Gasteiger partial charge in [0.2, 0.25) is 17.3 Å². The summed E-state index contributed by atoms with van der Waals surface area (Å²) in [6.07, 6.45) is 7.17. The Morgan fingerprint density at radius 3 is 2.62 bits per heavy atom. The van der Waals surface area contributed by atoms with Gasteiger partial charge in [0.1, 0.15) is 6.10 Å². The minimum atomic E-state index is -2.93. The lowest BCUT2D eigenvalue weighted by Crippen LogP contribution is -2.52. The molecule has 5 rings (SSSR count). The summed E-state index contributed by atoms with van der Waals surface area (Å²) in [6.45, 7) is 1.76. The lowest BCUT2D eigenvalue weighted by Gasteiger charge is -2.53. The highest BCUT2D eigenvalue weighted by Crippen LogP contribution is 2.56. The van der Waals surface area contributed by atoms with Crippen LogP contribution in [0.15, 0.2) is 35.3 Å². The molecule has 2 unspecified atom stereocenters. The molecule has 34 heavy (non-hydrogen) atoms. The summed E-state index contributed by atoms with van der Waals surface area (Å²) in [4.78, 5) is 28.3. The summed E-state index contributed by atoms with van der Waals surface area (Å²) in [6, 6.07) is 5.33. The largest absolute Gasteiger partial charge is 0.473 e. The van der Waals surface area contributed by atoms with E-state index in [0.717, 1.165) is 12.8 Å². The van der Waals surface area contributed by atoms with Crippen molar-refractivity contribution >= 4 is 11.7 Å². The average Bonchev–Trinajstić information content (AvgIpc) is 2.76. The van der Waals surface area contributed by atoms with Crippen molar-refractivity contribution in [3.8, 4) is 5.88 Å². The van der Waals surface area contributed by atoms with E-state index < -0.39 is 17.9 Å². The summed E-state index contributed by atoms with van der Waals surface area (Å²) in [5.74, 6) is -3.67. The normalized spacial score (nSPS) is 24.6. The van der Waals surface area contributed by atoms with Crippen molar-refractivity contribution < 1.29 is 18.3 Å². The molecule has 10 heteroatoms. The number of carbonyl (C=O) groups excluding carboxylic acids is 1. The Labute approximate surface area is 196 Å². The fourth-order valence-electron chi connectivity index (χ4n) is 5.36. The van der Waals surface area contributed by atoms with Crippen molar-refractivity contribution in [2.24, 2.45) is 5.41 Å². The first-order valence-corrected chi connectivity index (χ1v) is 11.8. The Morgan fingerprint density at radius 2 is 2.00 bits per heavy atom. The highest BCUT2D eigenvalue weighted by molar-refractivity contribution is 5.93. The van der Waals surface area contributed by atoms with Crippen molar-refractivity contribution in [3.05, 3.63) is 46.4 Å². The molecular formula is C24H29F2N5O3. The summed E-state index contributed by atoms with van der Waals surface area (Å²) in [5.41, 5.74) is 0.509. The fourth-order valence-corrected chi connectivity index (χ4v) is 5.36. The van der Waals surface area contributed by atoms with Gasteiger partial charge >= 0.3 is 0 Å². The molecule has 1 spiro atoms. The van der Waals surface area contributed by atoms with Crippen LogP contribution in [-0.4, -0.2) is 57.1 Å². The first-order valence-electron chi connectivity index (χ1n) is 11.8. The number of amides is 1. The Bertz CT molecular complexity index is 1070. The number of hydrogen-bond donors (Lipinski definition) is 2. The number of nitrogens with one attached hydrogen (secondary N) is 2. The zero-order valence-electron chi connectivity index (χ0n) is 19.1. The molecule has 0 bridgehead atoms. The molecule has 2 N–H and O–H groups in total. The summed E-state index contributed by atoms with van der Waals surface area (Å²) in [7, 11) is 0. The molecule has 3 aliphatic rings. The van der Waals surface area contributed by atoms with E-state index in [0.29, 0.717) is 16.9 Å². The van der Waals surface area contributed by atoms with E-state index >= 15 is 0 Å². The molecule has 1 amide bonds. The molecule has 8 nitrogen and oxygen atoms in total. The topological polar surface area (TPSA) is 100 Å². The number of ether oxygens (including phenoxy) is 1. The second-order valence-electron chi connectivity index (χ2n) is 9.97. The van der Waals surface area contributed by atoms with Gasteiger partial charge in [-0.3, -0.25) is 14.5 Å². The Morgan fingerprint density at radius 1 is 1.21 bits per heavy atom. The average molecular weight is 474 g/mol. The number of likely N-dealkylation sites (tertiary alicyclic amines) is 1. The molecular weight excluding hydrogens is 444 g/mol. The lowest BCUT2D eigenvalue weighted by molar-refractivity contribution is -0.125. The van der Waals surface area contributed by atoms with Crippen LogP contribution in [0.4, 0.5) is 14.6 Å². The quantitative estimate of drug-likeness (QED) is 0.668. The number of aromatic amines is 1. The van der Waals surface area contributed by atoms with Crippen LogP contribution in [0.2, 0.25) is 0 Å². The summed E-state index contributed by atoms with van der Waals surface area (Å²) in [5, 5.41) is 10.8. The molecule has 182 valence electrons. The summed E-state index contributed by atoms with van der Waals surface area (Å²) < 4.78 is 35.1. The van der Waals surface area contributed by atoms with Crippen LogP contribution in [0.25, 0.3) is 0 Å². The molecule has 2 atom stereocenters. The molecule has 2 aliphatic carbocycles. The number of hydrogen-bond acceptors (Lipinski definition) is 6. The SMILES string of the molecule is CC(C(=O)Nc1ccc(OC2CC3(CCC3)C2)nn1)N1CCC(F)(F)C(c2ccc(=O)[nH]c2)C1. The molecule has 3 fully saturated rings. The third kappa shape index (κ3) is 4.55. The van der Waals surface area contributed by atoms with E-state index in [9.17, 15) is 18.4 Å². The third-order valence-electron chi connectivity index (χ3n) is 7.71. The first-order chi connectivity index (χ1) is 16.2. The zero-order valence-corrected chi connectivity index (χ0v) is 19.1. The molecule has 1 saturated heterocycles. The molecule has 2 aromatic heterocycles. The van der Waals surface area contributed by atoms with Gasteiger partial charge in [-0.15, -0.1) is 10.2 Å². The zero-order chi connectivity index (χ0) is 23.9. The number of carbonyl (C=O) groups is 1. The third-order valence-corrected chi connectivity index (χ3v) is 7.71. The van der Waals surface area contributed by atoms with E-state index in [-0.39, 0.29) is 42.9 Å². The Balaban J connectivity index is 1.16. The van der Waals surface area contributed by atoms with Gasteiger partial charge in [0.15, 0.2) is 5.82 Å². The number of aromatic nitrogens is 3. The molecule has 2 saturated carbocycles. The highest BCUT2D eigenvalue weighted by Gasteiger charge is 2.49. The maximum Gasteiger partial charge on any atom is 0.257 e. The number of H-pyrrole nitrogens is 1. The van der Waals surface area contributed by atoms with Crippen LogP contribution < -0.4 is 15.6 Å². The number of rotatable bonds is 6. The van der Waals surface area contributed by atoms with Crippen LogP contribution in [0.1, 0.15) is 56.9 Å². The fraction of sp³-hybridized carbons (Fsp3) is 0.583. The predicted octanol–water partition coefficient (Wildman–Crippen LogP) is 3.33. The molecule has 3 heterocycles. The second kappa shape index (κ2) is 8.72. The van der Waals surface area contributed by atoms with Crippen molar-refractivity contribution in [1.82, 2.24) is 20.1 Å². The predicted molar refractivity (Wildman–Crippen MR) is 121 cm³/mol. The van der Waals surface area contributed by atoms with Crippen LogP contribution in [0, 0.1) is 5.41 Å². The minimum absolute atomic E-state index is 0.00499. The molecule has 0 aromatic carbocycles. The monoisotopic (exact) mass is 473 g/mol. The highest BCUT2D eigenvalue weighted by atomic mass is 19.3. The number of pyridine rings is 1. The van der Waals surface area contributed by atoms with Gasteiger partial charge in [-0.2, -0.15) is 0 Å². The number of anilines is 1. The maximum absolute atomic E-state index is 14.6. The van der Waals surface area contributed by atoms with Crippen LogP contribution in [-0.2, 0) is 4.79 Å². The van der Waals surface area contributed by atoms with Crippen molar-refractivity contribution in [2.45, 2.75) is 69.4 Å². The van der Waals surface area contributed by atoms with Crippen LogP contribution >= 0.6 is 0 Å². The van der Waals surface area contributed by atoms with Gasteiger partial charge in [0.05, 0.1) is 12.0 Å². The maximum atomic E-state index is 14.6. The standard InChI is InChI=1S/C24H29F2N5O3/c1-15(31-10-9-24(25,26)18(14-31)16-3-5-20(32)27-13-16)22(33)28-19-4-6-21(30-29-19)34-17-11-23(12-17)7-2-8-23/h3-6,13,15,17-18H,2,7-12,14H2,1H3,(H,27,32)(H,28,29,33). The van der Waals surface area contributed by atoms with Gasteiger partial charge in [-0.1, -0.05) is 12.5 Å². The minimum Gasteiger partial charge on any atom is -0.473 e. The molecule has 0 radical (unpaired) electrons.